The summed E-state index contributed by atoms with van der Waals surface area (Å²) >= 11 is 0. The van der Waals surface area contributed by atoms with E-state index in [1.54, 1.807) is 0 Å². The van der Waals surface area contributed by atoms with E-state index in [1.165, 1.54) is 12.8 Å². The van der Waals surface area contributed by atoms with Crippen LogP contribution in [-0.2, 0) is 4.74 Å². The topological polar surface area (TPSA) is 33.3 Å². The second-order valence-corrected chi connectivity index (χ2v) is 7.61. The fraction of sp³-hybridized carbons (Fsp3) is 1.00. The largest absolute Gasteiger partial charge is 0.380 e. The molecule has 5 atom stereocenters. The van der Waals surface area contributed by atoms with Crippen LogP contribution in [0.2, 0.25) is 0 Å². The van der Waals surface area contributed by atoms with Crippen molar-refractivity contribution < 1.29 is 4.74 Å². The van der Waals surface area contributed by atoms with Crippen LogP contribution in [-0.4, -0.2) is 38.9 Å². The minimum Gasteiger partial charge on any atom is -0.380 e. The highest BCUT2D eigenvalue weighted by molar-refractivity contribution is 4.95. The van der Waals surface area contributed by atoms with Crippen molar-refractivity contribution in [2.24, 2.45) is 23.2 Å². The third-order valence-corrected chi connectivity index (χ3v) is 5.27. The van der Waals surface area contributed by atoms with Crippen LogP contribution < -0.4 is 10.6 Å². The van der Waals surface area contributed by atoms with E-state index in [4.69, 9.17) is 4.74 Å². The van der Waals surface area contributed by atoms with Gasteiger partial charge in [-0.1, -0.05) is 20.8 Å². The Bertz CT molecular complexity index is 287. The van der Waals surface area contributed by atoms with Crippen molar-refractivity contribution >= 4 is 0 Å². The van der Waals surface area contributed by atoms with Gasteiger partial charge in [-0.05, 0) is 56.0 Å². The molecule has 0 bridgehead atoms. The first-order valence-corrected chi connectivity index (χ1v) is 7.90. The lowest BCUT2D eigenvalue weighted by Gasteiger charge is -2.49. The average Bonchev–Trinajstić information content (AvgIpc) is 2.37. The Morgan fingerprint density at radius 2 is 1.84 bits per heavy atom. The second kappa shape index (κ2) is 6.11. The van der Waals surface area contributed by atoms with Crippen LogP contribution >= 0.6 is 0 Å². The average molecular weight is 268 g/mol. The van der Waals surface area contributed by atoms with Gasteiger partial charge in [0.25, 0.3) is 0 Å². The normalized spacial score (nSPS) is 41.2. The van der Waals surface area contributed by atoms with Crippen molar-refractivity contribution in [3.8, 4) is 0 Å². The first kappa shape index (κ1) is 15.3. The van der Waals surface area contributed by atoms with Gasteiger partial charge in [-0.15, -0.1) is 0 Å². The van der Waals surface area contributed by atoms with Gasteiger partial charge >= 0.3 is 0 Å². The summed E-state index contributed by atoms with van der Waals surface area (Å²) in [5.74, 6) is 2.27. The number of hydrogen-bond donors (Lipinski definition) is 2. The molecule has 5 unspecified atom stereocenters. The number of nitrogens with one attached hydrogen (secondary N) is 2. The van der Waals surface area contributed by atoms with Gasteiger partial charge in [0, 0.05) is 19.7 Å². The molecule has 112 valence electrons. The molecule has 0 saturated carbocycles. The molecule has 2 fully saturated rings. The maximum Gasteiger partial charge on any atom is 0.0726 e. The molecule has 2 saturated heterocycles. The number of rotatable bonds is 2. The molecular weight excluding hydrogens is 236 g/mol. The van der Waals surface area contributed by atoms with Gasteiger partial charge < -0.3 is 15.4 Å². The summed E-state index contributed by atoms with van der Waals surface area (Å²) in [5.41, 5.74) is 0.376. The smallest absolute Gasteiger partial charge is 0.0726 e. The van der Waals surface area contributed by atoms with Crippen molar-refractivity contribution in [3.63, 3.8) is 0 Å². The van der Waals surface area contributed by atoms with Crippen LogP contribution in [0.1, 0.15) is 40.5 Å². The first-order chi connectivity index (χ1) is 8.93. The van der Waals surface area contributed by atoms with Crippen molar-refractivity contribution in [3.05, 3.63) is 0 Å². The van der Waals surface area contributed by atoms with Gasteiger partial charge in [0.05, 0.1) is 6.10 Å². The zero-order chi connectivity index (χ0) is 14.0. The number of piperidine rings is 2. The van der Waals surface area contributed by atoms with Crippen LogP contribution in [0, 0.1) is 23.2 Å². The molecule has 0 aromatic heterocycles. The summed E-state index contributed by atoms with van der Waals surface area (Å²) in [6.07, 6.45) is 2.96. The van der Waals surface area contributed by atoms with Gasteiger partial charge in [-0.25, -0.2) is 0 Å². The monoisotopic (exact) mass is 268 g/mol. The minimum absolute atomic E-state index is 0.376. The molecule has 3 nitrogen and oxygen atoms in total. The summed E-state index contributed by atoms with van der Waals surface area (Å²) in [6.45, 7) is 12.8. The van der Waals surface area contributed by atoms with E-state index in [0.717, 1.165) is 37.4 Å². The van der Waals surface area contributed by atoms with E-state index >= 15 is 0 Å². The molecule has 19 heavy (non-hydrogen) atoms. The van der Waals surface area contributed by atoms with Crippen molar-refractivity contribution in [2.75, 3.05) is 26.7 Å². The summed E-state index contributed by atoms with van der Waals surface area (Å²) in [7, 11) is 1.88. The Hall–Kier alpha value is -0.120. The standard InChI is InChI=1S/C16H32N2O/c1-11-8-13(14(9-18-11)16(2,3)4)12-6-7-17-10-15(12)19-5/h11-15,17-18H,6-10H2,1-5H3. The van der Waals surface area contributed by atoms with E-state index in [0.29, 0.717) is 17.6 Å². The van der Waals surface area contributed by atoms with Gasteiger partial charge in [-0.3, -0.25) is 0 Å². The maximum absolute atomic E-state index is 5.77. The summed E-state index contributed by atoms with van der Waals surface area (Å²) in [5, 5.41) is 7.16. The zero-order valence-corrected chi connectivity index (χ0v) is 13.3. The summed E-state index contributed by atoms with van der Waals surface area (Å²) in [6, 6.07) is 0.649. The molecule has 0 aliphatic carbocycles. The van der Waals surface area contributed by atoms with Gasteiger partial charge in [-0.2, -0.15) is 0 Å². The lowest BCUT2D eigenvalue weighted by atomic mass is 9.63. The number of hydrogen-bond acceptors (Lipinski definition) is 3. The van der Waals surface area contributed by atoms with Crippen molar-refractivity contribution in [1.29, 1.82) is 0 Å². The van der Waals surface area contributed by atoms with E-state index in [2.05, 4.69) is 38.3 Å². The highest BCUT2D eigenvalue weighted by Gasteiger charge is 2.43. The molecule has 0 aromatic carbocycles. The first-order valence-electron chi connectivity index (χ1n) is 7.90. The Balaban J connectivity index is 2.16. The molecule has 2 aliphatic rings. The summed E-state index contributed by atoms with van der Waals surface area (Å²) in [4.78, 5) is 0. The number of ether oxygens (including phenoxy) is 1. The maximum atomic E-state index is 5.77. The molecule has 3 heteroatoms. The molecule has 2 rings (SSSR count). The lowest BCUT2D eigenvalue weighted by Crippen LogP contribution is -2.54. The highest BCUT2D eigenvalue weighted by Crippen LogP contribution is 2.43. The van der Waals surface area contributed by atoms with Crippen LogP contribution in [0.5, 0.6) is 0 Å². The molecule has 2 aliphatic heterocycles. The number of methoxy groups -OCH3 is 1. The molecule has 2 N–H and O–H groups in total. The molecular formula is C16H32N2O. The Labute approximate surface area is 118 Å². The Morgan fingerprint density at radius 1 is 1.11 bits per heavy atom. The van der Waals surface area contributed by atoms with E-state index < -0.39 is 0 Å². The van der Waals surface area contributed by atoms with Crippen LogP contribution in [0.4, 0.5) is 0 Å². The van der Waals surface area contributed by atoms with Crippen molar-refractivity contribution in [2.45, 2.75) is 52.7 Å². The zero-order valence-electron chi connectivity index (χ0n) is 13.3. The quantitative estimate of drug-likeness (QED) is 0.806. The van der Waals surface area contributed by atoms with Crippen LogP contribution in [0.25, 0.3) is 0 Å². The highest BCUT2D eigenvalue weighted by atomic mass is 16.5. The van der Waals surface area contributed by atoms with E-state index in [1.807, 2.05) is 7.11 Å². The third kappa shape index (κ3) is 3.50. The van der Waals surface area contributed by atoms with Gasteiger partial charge in [0.1, 0.15) is 0 Å². The van der Waals surface area contributed by atoms with E-state index in [9.17, 15) is 0 Å². The summed E-state index contributed by atoms with van der Waals surface area (Å²) < 4.78 is 5.77. The molecule has 0 aromatic rings. The lowest BCUT2D eigenvalue weighted by molar-refractivity contribution is -0.0370. The van der Waals surface area contributed by atoms with Crippen molar-refractivity contribution in [1.82, 2.24) is 10.6 Å². The molecule has 0 radical (unpaired) electrons. The fourth-order valence-corrected chi connectivity index (χ4v) is 4.16. The second-order valence-electron chi connectivity index (χ2n) is 7.61. The molecule has 2 heterocycles. The Kier molecular flexibility index (Phi) is 4.91. The van der Waals surface area contributed by atoms with Crippen LogP contribution in [0.3, 0.4) is 0 Å². The minimum atomic E-state index is 0.376. The van der Waals surface area contributed by atoms with E-state index in [-0.39, 0.29) is 0 Å². The fourth-order valence-electron chi connectivity index (χ4n) is 4.16. The van der Waals surface area contributed by atoms with Gasteiger partial charge in [0.15, 0.2) is 0 Å². The molecule has 0 amide bonds. The Morgan fingerprint density at radius 3 is 2.47 bits per heavy atom. The third-order valence-electron chi connectivity index (χ3n) is 5.27. The van der Waals surface area contributed by atoms with Gasteiger partial charge in [0.2, 0.25) is 0 Å². The molecule has 0 spiro atoms. The predicted molar refractivity (Wildman–Crippen MR) is 80.3 cm³/mol. The SMILES string of the molecule is COC1CNCCC1C1CC(C)NCC1C(C)(C)C. The van der Waals surface area contributed by atoms with Crippen LogP contribution in [0.15, 0.2) is 0 Å². The predicted octanol–water partition coefficient (Wildman–Crippen LogP) is 2.27.